The molecule has 0 rings (SSSR count). The van der Waals surface area contributed by atoms with E-state index in [0.29, 0.717) is 5.82 Å². The fourth-order valence-corrected chi connectivity index (χ4v) is 1.08. The zero-order chi connectivity index (χ0) is 12.7. The van der Waals surface area contributed by atoms with Crippen molar-refractivity contribution in [3.63, 3.8) is 0 Å². The van der Waals surface area contributed by atoms with E-state index in [0.717, 1.165) is 5.70 Å². The van der Waals surface area contributed by atoms with Gasteiger partial charge in [-0.25, -0.2) is 0 Å². The highest BCUT2D eigenvalue weighted by Crippen LogP contribution is 1.97. The van der Waals surface area contributed by atoms with Gasteiger partial charge in [-0.3, -0.25) is 4.79 Å². The second-order valence-corrected chi connectivity index (χ2v) is 3.45. The Morgan fingerprint density at radius 2 is 1.88 bits per heavy atom. The first-order valence-electron chi connectivity index (χ1n) is 5.02. The van der Waals surface area contributed by atoms with Crippen molar-refractivity contribution in [3.8, 4) is 0 Å². The maximum Gasteiger partial charge on any atom is 0.268 e. The van der Waals surface area contributed by atoms with Crippen LogP contribution in [0.15, 0.2) is 23.3 Å². The number of carbonyl (C=O) groups is 1. The normalized spacial score (nSPS) is 15.1. The highest BCUT2D eigenvalue weighted by Gasteiger charge is 2.07. The minimum Gasteiger partial charge on any atom is -0.391 e. The van der Waals surface area contributed by atoms with Gasteiger partial charge in [0, 0.05) is 18.8 Å². The van der Waals surface area contributed by atoms with E-state index in [1.165, 1.54) is 0 Å². The van der Waals surface area contributed by atoms with Crippen LogP contribution in [0.2, 0.25) is 0 Å². The summed E-state index contributed by atoms with van der Waals surface area (Å²) in [5.74, 6) is -0.254. The average molecular weight is 227 g/mol. The van der Waals surface area contributed by atoms with Crippen LogP contribution in [-0.4, -0.2) is 26.0 Å². The molecule has 0 aromatic heterocycles. The van der Waals surface area contributed by atoms with Gasteiger partial charge in [0.15, 0.2) is 0 Å². The average Bonchev–Trinajstić information content (AvgIpc) is 2.24. The van der Waals surface area contributed by atoms with Crippen molar-refractivity contribution in [2.24, 2.45) is 11.5 Å². The Morgan fingerprint density at radius 1 is 1.31 bits per heavy atom. The molecule has 7 N–H and O–H groups in total. The molecule has 1 amide bonds. The van der Waals surface area contributed by atoms with Crippen LogP contribution in [0.25, 0.3) is 0 Å². The lowest BCUT2D eigenvalue weighted by Gasteiger charge is -2.14. The number of likely N-dealkylation sites (N-methyl/N-ethyl adjacent to an activating group) is 1. The van der Waals surface area contributed by atoms with Crippen molar-refractivity contribution in [2.75, 3.05) is 14.1 Å². The van der Waals surface area contributed by atoms with Crippen molar-refractivity contribution >= 4 is 5.91 Å². The van der Waals surface area contributed by atoms with Crippen molar-refractivity contribution < 1.29 is 4.79 Å². The Bertz CT molecular complexity index is 308. The van der Waals surface area contributed by atoms with Gasteiger partial charge in [-0.15, -0.1) is 0 Å². The van der Waals surface area contributed by atoms with Gasteiger partial charge in [0.05, 0.1) is 0 Å². The third-order valence-electron chi connectivity index (χ3n) is 2.06. The summed E-state index contributed by atoms with van der Waals surface area (Å²) >= 11 is 0. The summed E-state index contributed by atoms with van der Waals surface area (Å²) in [6.45, 7) is 3.88. The van der Waals surface area contributed by atoms with Crippen molar-refractivity contribution in [2.45, 2.75) is 19.9 Å². The number of hydrogen-bond acceptors (Lipinski definition) is 5. The summed E-state index contributed by atoms with van der Waals surface area (Å²) in [4.78, 5) is 10.9. The van der Waals surface area contributed by atoms with Crippen LogP contribution in [0.3, 0.4) is 0 Å². The topological polar surface area (TPSA) is 105 Å². The third-order valence-corrected chi connectivity index (χ3v) is 2.06. The standard InChI is InChI=1S/C10H21N5O/c1-6(13-3)5-7(2)15-10(14-4)8(11)9(12)16/h5-6,13-15H,11H2,1-4H3,(H2,12,16)/b7-5+,10-8+. The Morgan fingerprint density at radius 3 is 2.25 bits per heavy atom. The number of carbonyl (C=O) groups excluding carboxylic acids is 1. The number of hydrogen-bond donors (Lipinski definition) is 5. The summed E-state index contributed by atoms with van der Waals surface area (Å²) in [6.07, 6.45) is 1.96. The lowest BCUT2D eigenvalue weighted by molar-refractivity contribution is -0.114. The minimum atomic E-state index is -0.661. The van der Waals surface area contributed by atoms with E-state index in [9.17, 15) is 4.79 Å². The molecule has 0 spiro atoms. The summed E-state index contributed by atoms with van der Waals surface area (Å²) in [5, 5.41) is 8.83. The van der Waals surface area contributed by atoms with Gasteiger partial charge in [0.1, 0.15) is 11.5 Å². The minimum absolute atomic E-state index is 0.0210. The summed E-state index contributed by atoms with van der Waals surface area (Å²) in [6, 6.07) is 0.223. The van der Waals surface area contributed by atoms with E-state index >= 15 is 0 Å². The number of rotatable bonds is 6. The molecule has 16 heavy (non-hydrogen) atoms. The van der Waals surface area contributed by atoms with Gasteiger partial charge in [-0.2, -0.15) is 0 Å². The van der Waals surface area contributed by atoms with E-state index in [-0.39, 0.29) is 11.7 Å². The molecule has 0 fully saturated rings. The molecule has 0 aliphatic carbocycles. The molecule has 0 aromatic carbocycles. The van der Waals surface area contributed by atoms with Crippen LogP contribution in [0.4, 0.5) is 0 Å². The second kappa shape index (κ2) is 6.73. The number of nitrogens with one attached hydrogen (secondary N) is 3. The van der Waals surface area contributed by atoms with Crippen LogP contribution in [0, 0.1) is 0 Å². The van der Waals surface area contributed by atoms with E-state index in [4.69, 9.17) is 11.5 Å². The molecule has 0 aromatic rings. The zero-order valence-corrected chi connectivity index (χ0v) is 10.2. The molecule has 1 atom stereocenters. The first-order chi connectivity index (χ1) is 7.42. The Hall–Kier alpha value is -1.69. The van der Waals surface area contributed by atoms with Crippen LogP contribution >= 0.6 is 0 Å². The number of nitrogens with two attached hydrogens (primary N) is 2. The Kier molecular flexibility index (Phi) is 6.02. The Labute approximate surface area is 96.1 Å². The number of amides is 1. The van der Waals surface area contributed by atoms with E-state index < -0.39 is 5.91 Å². The lowest BCUT2D eigenvalue weighted by atomic mass is 10.3. The van der Waals surface area contributed by atoms with Crippen LogP contribution in [0.1, 0.15) is 13.8 Å². The second-order valence-electron chi connectivity index (χ2n) is 3.45. The largest absolute Gasteiger partial charge is 0.391 e. The summed E-state index contributed by atoms with van der Waals surface area (Å²) < 4.78 is 0. The fourth-order valence-electron chi connectivity index (χ4n) is 1.08. The van der Waals surface area contributed by atoms with Crippen molar-refractivity contribution in [1.29, 1.82) is 0 Å². The maximum atomic E-state index is 10.9. The number of primary amides is 1. The third kappa shape index (κ3) is 4.70. The summed E-state index contributed by atoms with van der Waals surface area (Å²) in [7, 11) is 3.52. The maximum absolute atomic E-state index is 10.9. The molecule has 0 radical (unpaired) electrons. The van der Waals surface area contributed by atoms with Gasteiger partial charge in [0.25, 0.3) is 5.91 Å². The quantitative estimate of drug-likeness (QED) is 0.371. The van der Waals surface area contributed by atoms with E-state index in [1.807, 2.05) is 27.0 Å². The van der Waals surface area contributed by atoms with E-state index in [1.54, 1.807) is 7.05 Å². The van der Waals surface area contributed by atoms with Gasteiger partial charge >= 0.3 is 0 Å². The van der Waals surface area contributed by atoms with Crippen molar-refractivity contribution in [3.05, 3.63) is 23.3 Å². The molecule has 6 nitrogen and oxygen atoms in total. The molecule has 6 heteroatoms. The van der Waals surface area contributed by atoms with Crippen LogP contribution < -0.4 is 27.4 Å². The molecule has 92 valence electrons. The van der Waals surface area contributed by atoms with Crippen molar-refractivity contribution in [1.82, 2.24) is 16.0 Å². The monoisotopic (exact) mass is 227 g/mol. The van der Waals surface area contributed by atoms with E-state index in [2.05, 4.69) is 16.0 Å². The molecule has 1 unspecified atom stereocenters. The molecule has 0 bridgehead atoms. The van der Waals surface area contributed by atoms with Crippen LogP contribution in [-0.2, 0) is 4.79 Å². The van der Waals surface area contributed by atoms with Gasteiger partial charge < -0.3 is 27.4 Å². The van der Waals surface area contributed by atoms with Gasteiger partial charge in [-0.1, -0.05) is 0 Å². The first kappa shape index (κ1) is 14.3. The Balaban J connectivity index is 4.75. The highest BCUT2D eigenvalue weighted by atomic mass is 16.1. The predicted octanol–water partition coefficient (Wildman–Crippen LogP) is -1.08. The summed E-state index contributed by atoms with van der Waals surface area (Å²) in [5.41, 5.74) is 11.5. The first-order valence-corrected chi connectivity index (χ1v) is 5.02. The molecule has 0 saturated carbocycles. The van der Waals surface area contributed by atoms with Gasteiger partial charge in [0.2, 0.25) is 0 Å². The molecular weight excluding hydrogens is 206 g/mol. The number of allylic oxidation sites excluding steroid dienone is 1. The molecule has 0 aliphatic rings. The van der Waals surface area contributed by atoms with Gasteiger partial charge in [-0.05, 0) is 27.0 Å². The molecular formula is C10H21N5O. The zero-order valence-electron chi connectivity index (χ0n) is 10.2. The molecule has 0 saturated heterocycles. The fraction of sp³-hybridized carbons (Fsp3) is 0.500. The van der Waals surface area contributed by atoms with Crippen LogP contribution in [0.5, 0.6) is 0 Å². The lowest BCUT2D eigenvalue weighted by Crippen LogP contribution is -2.33. The smallest absolute Gasteiger partial charge is 0.268 e. The highest BCUT2D eigenvalue weighted by molar-refractivity contribution is 5.91. The molecule has 0 aliphatic heterocycles. The molecule has 0 heterocycles. The predicted molar refractivity (Wildman–Crippen MR) is 64.9 cm³/mol. The SMILES string of the molecule is CN/C(N/C(C)=C/C(C)NC)=C(\N)C(N)=O.